The summed E-state index contributed by atoms with van der Waals surface area (Å²) in [5, 5.41) is -0.539. The van der Waals surface area contributed by atoms with Gasteiger partial charge in [0.1, 0.15) is 5.82 Å². The fourth-order valence-electron chi connectivity index (χ4n) is 1.26. The van der Waals surface area contributed by atoms with E-state index in [9.17, 15) is 18.0 Å². The normalized spacial score (nSPS) is 11.4. The molecule has 1 rings (SSSR count). The average Bonchev–Trinajstić information content (AvgIpc) is 2.23. The molecule has 1 aromatic rings. The summed E-state index contributed by atoms with van der Waals surface area (Å²) in [5.41, 5.74) is 3.82. The van der Waals surface area contributed by atoms with Crippen molar-refractivity contribution in [2.75, 3.05) is 18.0 Å². The third kappa shape index (κ3) is 3.73. The summed E-state index contributed by atoms with van der Waals surface area (Å²) >= 11 is 5.43. The van der Waals surface area contributed by atoms with Crippen molar-refractivity contribution in [1.29, 1.82) is 0 Å². The van der Waals surface area contributed by atoms with Gasteiger partial charge in [-0.2, -0.15) is 13.2 Å². The molecule has 1 aromatic heterocycles. The molecule has 0 aromatic carbocycles. The lowest BCUT2D eigenvalue weighted by atomic mass is 10.3. The van der Waals surface area contributed by atoms with E-state index in [0.29, 0.717) is 0 Å². The van der Waals surface area contributed by atoms with Gasteiger partial charge in [-0.15, -0.1) is 0 Å². The molecule has 0 fully saturated rings. The van der Waals surface area contributed by atoms with Crippen molar-refractivity contribution in [2.45, 2.75) is 13.1 Å². The molecule has 5 nitrogen and oxygen atoms in total. The van der Waals surface area contributed by atoms with Crippen LogP contribution in [-0.4, -0.2) is 29.0 Å². The largest absolute Gasteiger partial charge is 0.433 e. The van der Waals surface area contributed by atoms with Crippen LogP contribution in [0.5, 0.6) is 0 Å². The molecule has 0 aliphatic rings. The van der Waals surface area contributed by atoms with E-state index in [0.717, 1.165) is 6.07 Å². The first-order valence-electron chi connectivity index (χ1n) is 4.89. The van der Waals surface area contributed by atoms with Crippen LogP contribution in [0, 0.1) is 0 Å². The molecule has 1 amide bonds. The third-order valence-corrected chi connectivity index (χ3v) is 2.20. The highest BCUT2D eigenvalue weighted by Gasteiger charge is 2.34. The van der Waals surface area contributed by atoms with Crippen LogP contribution in [0.25, 0.3) is 0 Å². The van der Waals surface area contributed by atoms with E-state index in [4.69, 9.17) is 17.3 Å². The first kappa shape index (κ1) is 14.5. The van der Waals surface area contributed by atoms with Gasteiger partial charge < -0.3 is 10.6 Å². The van der Waals surface area contributed by atoms with Crippen LogP contribution in [0.3, 0.4) is 0 Å². The maximum atomic E-state index is 12.5. The van der Waals surface area contributed by atoms with Crippen LogP contribution < -0.4 is 10.6 Å². The summed E-state index contributed by atoms with van der Waals surface area (Å²) in [6.45, 7) is 1.65. The molecular weight excluding hydrogens is 273 g/mol. The zero-order valence-electron chi connectivity index (χ0n) is 9.33. The van der Waals surface area contributed by atoms with Crippen molar-refractivity contribution >= 4 is 23.3 Å². The Hall–Kier alpha value is -1.57. The van der Waals surface area contributed by atoms with E-state index < -0.39 is 23.1 Å². The van der Waals surface area contributed by atoms with E-state index in [1.807, 2.05) is 0 Å². The fourth-order valence-corrected chi connectivity index (χ4v) is 1.43. The molecule has 2 N–H and O–H groups in total. The molecule has 0 unspecified atom stereocenters. The second kappa shape index (κ2) is 5.38. The number of primary amides is 1. The molecule has 0 atom stereocenters. The zero-order chi connectivity index (χ0) is 13.9. The lowest BCUT2D eigenvalue weighted by Gasteiger charge is -2.20. The molecule has 0 aliphatic heterocycles. The minimum absolute atomic E-state index is 0.0939. The molecule has 0 saturated heterocycles. The first-order valence-corrected chi connectivity index (χ1v) is 5.27. The van der Waals surface area contributed by atoms with Crippen molar-refractivity contribution in [2.24, 2.45) is 5.73 Å². The molecular formula is C9H10ClF3N4O. The number of likely N-dealkylation sites (N-methyl/N-ethyl adjacent to an activating group) is 1. The predicted octanol–water partition coefficient (Wildman–Crippen LogP) is 1.46. The molecule has 0 aliphatic carbocycles. The number of nitrogens with zero attached hydrogens (tertiary/aromatic N) is 3. The Kier molecular flexibility index (Phi) is 4.33. The number of amides is 1. The number of nitrogens with two attached hydrogens (primary N) is 1. The van der Waals surface area contributed by atoms with Crippen LogP contribution >= 0.6 is 11.6 Å². The Morgan fingerprint density at radius 2 is 2.11 bits per heavy atom. The standard InChI is InChI=1S/C9H10ClF3N4O/c1-2-17(4-6(14)18)7-3-5(9(11,12)13)15-8(10)16-7/h3H,2,4H2,1H3,(H2,14,18). The second-order valence-corrected chi connectivity index (χ2v) is 3.70. The lowest BCUT2D eigenvalue weighted by molar-refractivity contribution is -0.141. The van der Waals surface area contributed by atoms with Crippen LogP contribution in [0.1, 0.15) is 12.6 Å². The Morgan fingerprint density at radius 1 is 1.50 bits per heavy atom. The molecule has 0 spiro atoms. The molecule has 18 heavy (non-hydrogen) atoms. The Labute approximate surface area is 106 Å². The maximum absolute atomic E-state index is 12.5. The van der Waals surface area contributed by atoms with E-state index in [-0.39, 0.29) is 18.9 Å². The summed E-state index contributed by atoms with van der Waals surface area (Å²) in [6, 6.07) is 0.721. The van der Waals surface area contributed by atoms with Gasteiger partial charge in [0.25, 0.3) is 0 Å². The van der Waals surface area contributed by atoms with Gasteiger partial charge in [-0.1, -0.05) is 0 Å². The molecule has 1 heterocycles. The smallest absolute Gasteiger partial charge is 0.368 e. The average molecular weight is 283 g/mol. The summed E-state index contributed by atoms with van der Waals surface area (Å²) < 4.78 is 37.6. The van der Waals surface area contributed by atoms with Crippen molar-refractivity contribution < 1.29 is 18.0 Å². The van der Waals surface area contributed by atoms with Crippen molar-refractivity contribution in [1.82, 2.24) is 9.97 Å². The number of alkyl halides is 3. The van der Waals surface area contributed by atoms with Gasteiger partial charge in [0.15, 0.2) is 5.69 Å². The molecule has 9 heteroatoms. The minimum atomic E-state index is -4.63. The highest BCUT2D eigenvalue weighted by Crippen LogP contribution is 2.30. The van der Waals surface area contributed by atoms with Gasteiger partial charge in [-0.05, 0) is 18.5 Å². The highest BCUT2D eigenvalue weighted by molar-refractivity contribution is 6.28. The monoisotopic (exact) mass is 282 g/mol. The summed E-state index contributed by atoms with van der Waals surface area (Å²) in [4.78, 5) is 18.8. The van der Waals surface area contributed by atoms with E-state index in [1.54, 1.807) is 6.92 Å². The van der Waals surface area contributed by atoms with Gasteiger partial charge in [0, 0.05) is 12.6 Å². The predicted molar refractivity (Wildman–Crippen MR) is 59.1 cm³/mol. The number of hydrogen-bond acceptors (Lipinski definition) is 4. The maximum Gasteiger partial charge on any atom is 0.433 e. The molecule has 0 bridgehead atoms. The summed E-state index contributed by atoms with van der Waals surface area (Å²) in [5.74, 6) is -0.774. The number of hydrogen-bond donors (Lipinski definition) is 1. The Bertz CT molecular complexity index is 452. The lowest BCUT2D eigenvalue weighted by Crippen LogP contribution is -2.34. The van der Waals surface area contributed by atoms with Gasteiger partial charge in [0.05, 0.1) is 6.54 Å². The van der Waals surface area contributed by atoms with E-state index in [2.05, 4.69) is 9.97 Å². The van der Waals surface area contributed by atoms with Gasteiger partial charge in [0.2, 0.25) is 11.2 Å². The van der Waals surface area contributed by atoms with Crippen LogP contribution in [0.15, 0.2) is 6.07 Å². The quantitative estimate of drug-likeness (QED) is 0.849. The Morgan fingerprint density at radius 3 is 2.56 bits per heavy atom. The van der Waals surface area contributed by atoms with Gasteiger partial charge >= 0.3 is 6.18 Å². The number of halogens is 4. The van der Waals surface area contributed by atoms with Crippen molar-refractivity contribution in [3.8, 4) is 0 Å². The van der Waals surface area contributed by atoms with Crippen molar-refractivity contribution in [3.05, 3.63) is 17.0 Å². The number of anilines is 1. The summed E-state index contributed by atoms with van der Waals surface area (Å²) in [6.07, 6.45) is -4.63. The number of rotatable bonds is 4. The van der Waals surface area contributed by atoms with Crippen LogP contribution in [0.2, 0.25) is 5.28 Å². The fraction of sp³-hybridized carbons (Fsp3) is 0.444. The van der Waals surface area contributed by atoms with Crippen molar-refractivity contribution in [3.63, 3.8) is 0 Å². The summed E-state index contributed by atoms with van der Waals surface area (Å²) in [7, 11) is 0. The second-order valence-electron chi connectivity index (χ2n) is 3.36. The topological polar surface area (TPSA) is 72.1 Å². The van der Waals surface area contributed by atoms with E-state index >= 15 is 0 Å². The van der Waals surface area contributed by atoms with Gasteiger partial charge in [-0.3, -0.25) is 4.79 Å². The number of carbonyl (C=O) groups is 1. The van der Waals surface area contributed by atoms with Gasteiger partial charge in [-0.25, -0.2) is 9.97 Å². The molecule has 0 saturated carbocycles. The number of carbonyl (C=O) groups excluding carboxylic acids is 1. The van der Waals surface area contributed by atoms with Crippen LogP contribution in [-0.2, 0) is 11.0 Å². The third-order valence-electron chi connectivity index (χ3n) is 2.03. The Balaban J connectivity index is 3.15. The highest BCUT2D eigenvalue weighted by atomic mass is 35.5. The van der Waals surface area contributed by atoms with Crippen LogP contribution in [0.4, 0.5) is 19.0 Å². The van der Waals surface area contributed by atoms with E-state index in [1.165, 1.54) is 4.90 Å². The molecule has 0 radical (unpaired) electrons. The first-order chi connectivity index (χ1) is 8.24. The SMILES string of the molecule is CCN(CC(N)=O)c1cc(C(F)(F)F)nc(Cl)n1. The molecule has 100 valence electrons. The zero-order valence-corrected chi connectivity index (χ0v) is 10.1. The number of aromatic nitrogens is 2. The minimum Gasteiger partial charge on any atom is -0.368 e.